The summed E-state index contributed by atoms with van der Waals surface area (Å²) < 4.78 is 2.60. The fourth-order valence-corrected chi connectivity index (χ4v) is 1.25. The maximum absolute atomic E-state index is 4.18. The molecular weight excluding hydrogens is 411 g/mol. The number of nitrogens with zero attached hydrogens (tertiary/aromatic N) is 2. The van der Waals surface area contributed by atoms with Gasteiger partial charge < -0.3 is 0 Å². The van der Waals surface area contributed by atoms with Crippen LogP contribution in [0, 0.1) is 6.07 Å². The van der Waals surface area contributed by atoms with Crippen LogP contribution in [-0.4, -0.2) is 9.78 Å². The van der Waals surface area contributed by atoms with Gasteiger partial charge in [0.25, 0.3) is 0 Å². The first kappa shape index (κ1) is 10.7. The predicted octanol–water partition coefficient (Wildman–Crippen LogP) is 2.43. The van der Waals surface area contributed by atoms with Crippen molar-refractivity contribution in [3.8, 4) is 5.69 Å². The second kappa shape index (κ2) is 4.73. The molecule has 0 aliphatic heterocycles. The monoisotopic (exact) mass is 416 g/mol. The summed E-state index contributed by atoms with van der Waals surface area (Å²) in [5.41, 5.74) is 0.947. The van der Waals surface area contributed by atoms with E-state index in [1.165, 1.54) is 0 Å². The van der Waals surface area contributed by atoms with Crippen LogP contribution in [0.1, 0.15) is 0 Å². The third-order valence-corrected chi connectivity index (χ3v) is 1.92. The molecule has 0 saturated heterocycles. The normalized spacial score (nSPS) is 9.31. The molecule has 0 fully saturated rings. The Balaban J connectivity index is 0.000000845. The Bertz CT molecular complexity index is 372. The van der Waals surface area contributed by atoms with Gasteiger partial charge in [-0.3, -0.25) is 4.68 Å². The number of aromatic nitrogens is 2. The molecule has 0 bridgehead atoms. The number of hydrogen-bond acceptors (Lipinski definition) is 1. The molecule has 4 heteroatoms. The molecule has 13 heavy (non-hydrogen) atoms. The molecule has 0 radical (unpaired) electrons. The minimum atomic E-state index is 0. The molecule has 0 atom stereocenters. The third kappa shape index (κ3) is 2.52. The van der Waals surface area contributed by atoms with Gasteiger partial charge in [-0.15, -0.1) is 6.07 Å². The Hall–Kier alpha value is -0.402. The van der Waals surface area contributed by atoms with Crippen LogP contribution in [0.3, 0.4) is 0 Å². The van der Waals surface area contributed by atoms with Crippen molar-refractivity contribution in [2.45, 2.75) is 0 Å². The molecule has 2 nitrogen and oxygen atoms in total. The molecule has 0 aliphatic rings. The second-order valence-electron chi connectivity index (χ2n) is 2.33. The molecular formula is C9H6BrN2Pt-. The van der Waals surface area contributed by atoms with Gasteiger partial charge in [0.15, 0.2) is 0 Å². The van der Waals surface area contributed by atoms with E-state index in [0.717, 1.165) is 10.3 Å². The van der Waals surface area contributed by atoms with Crippen molar-refractivity contribution in [3.05, 3.63) is 47.2 Å². The molecule has 1 heterocycles. The molecule has 0 spiro atoms. The van der Waals surface area contributed by atoms with Crippen molar-refractivity contribution >= 4 is 15.9 Å². The molecule has 1 aromatic heterocycles. The average Bonchev–Trinajstić information content (AvgIpc) is 2.54. The van der Waals surface area contributed by atoms with Crippen molar-refractivity contribution in [2.75, 3.05) is 0 Å². The summed E-state index contributed by atoms with van der Waals surface area (Å²) in [7, 11) is 0. The van der Waals surface area contributed by atoms with Gasteiger partial charge >= 0.3 is 0 Å². The molecule has 0 amide bonds. The molecule has 70 valence electrons. The zero-order chi connectivity index (χ0) is 8.39. The van der Waals surface area contributed by atoms with Crippen molar-refractivity contribution in [2.24, 2.45) is 0 Å². The number of rotatable bonds is 1. The molecule has 0 N–H and O–H groups in total. The first-order chi connectivity index (χ1) is 5.86. The van der Waals surface area contributed by atoms with Crippen molar-refractivity contribution in [3.63, 3.8) is 0 Å². The fourth-order valence-electron chi connectivity index (χ4n) is 0.962. The number of halogens is 1. The second-order valence-corrected chi connectivity index (χ2v) is 3.14. The SMILES string of the molecule is Brc1ccn(-c2[c-]cccc2)n1.[Pt]. The number of benzene rings is 1. The maximum Gasteiger partial charge on any atom is 0.128 e. The van der Waals surface area contributed by atoms with Crippen molar-refractivity contribution in [1.82, 2.24) is 9.78 Å². The Morgan fingerprint density at radius 3 is 2.69 bits per heavy atom. The van der Waals surface area contributed by atoms with Crippen LogP contribution in [-0.2, 0) is 21.1 Å². The molecule has 0 aliphatic carbocycles. The Morgan fingerprint density at radius 2 is 2.15 bits per heavy atom. The van der Waals surface area contributed by atoms with E-state index in [4.69, 9.17) is 0 Å². The van der Waals surface area contributed by atoms with Gasteiger partial charge in [-0.2, -0.15) is 29.4 Å². The Morgan fingerprint density at radius 1 is 1.31 bits per heavy atom. The smallest absolute Gasteiger partial charge is 0.128 e. The maximum atomic E-state index is 4.18. The topological polar surface area (TPSA) is 17.8 Å². The van der Waals surface area contributed by atoms with Crippen LogP contribution in [0.2, 0.25) is 0 Å². The van der Waals surface area contributed by atoms with Crippen LogP contribution < -0.4 is 0 Å². The summed E-state index contributed by atoms with van der Waals surface area (Å²) >= 11 is 3.28. The van der Waals surface area contributed by atoms with E-state index in [0.29, 0.717) is 0 Å². The van der Waals surface area contributed by atoms with Crippen molar-refractivity contribution in [1.29, 1.82) is 0 Å². The van der Waals surface area contributed by atoms with E-state index in [1.54, 1.807) is 4.68 Å². The minimum Gasteiger partial charge on any atom is -0.265 e. The van der Waals surface area contributed by atoms with Crippen molar-refractivity contribution < 1.29 is 21.1 Å². The summed E-state index contributed by atoms with van der Waals surface area (Å²) in [6.07, 6.45) is 1.88. The Labute approximate surface area is 99.4 Å². The average molecular weight is 417 g/mol. The van der Waals surface area contributed by atoms with Gasteiger partial charge in [0.05, 0.1) is 0 Å². The third-order valence-electron chi connectivity index (χ3n) is 1.50. The molecule has 1 aromatic carbocycles. The minimum absolute atomic E-state index is 0. The van der Waals surface area contributed by atoms with Gasteiger partial charge in [0.1, 0.15) is 4.60 Å². The zero-order valence-corrected chi connectivity index (χ0v) is 10.4. The van der Waals surface area contributed by atoms with Crippen LogP contribution in [0.5, 0.6) is 0 Å². The van der Waals surface area contributed by atoms with Gasteiger partial charge in [-0.1, -0.05) is 0 Å². The number of hydrogen-bond donors (Lipinski definition) is 0. The molecule has 0 unspecified atom stereocenters. The summed E-state index contributed by atoms with van der Waals surface area (Å²) in [5.74, 6) is 0. The molecule has 2 aromatic rings. The van der Waals surface area contributed by atoms with E-state index in [-0.39, 0.29) is 21.1 Å². The molecule has 0 saturated carbocycles. The summed E-state index contributed by atoms with van der Waals surface area (Å²) in [6.45, 7) is 0. The summed E-state index contributed by atoms with van der Waals surface area (Å²) in [6, 6.07) is 12.7. The van der Waals surface area contributed by atoms with E-state index in [9.17, 15) is 0 Å². The van der Waals surface area contributed by atoms with E-state index < -0.39 is 0 Å². The summed E-state index contributed by atoms with van der Waals surface area (Å²) in [4.78, 5) is 0. The van der Waals surface area contributed by atoms with E-state index in [1.807, 2.05) is 36.5 Å². The largest absolute Gasteiger partial charge is 0.265 e. The van der Waals surface area contributed by atoms with Crippen LogP contribution in [0.15, 0.2) is 41.1 Å². The standard InChI is InChI=1S/C9H6BrN2.Pt/c10-9-6-7-12(11-9)8-4-2-1-3-5-8;/h1-4,6-7H;/q-1;. The van der Waals surface area contributed by atoms with Gasteiger partial charge in [-0.25, -0.2) is 0 Å². The zero-order valence-electron chi connectivity index (χ0n) is 6.55. The fraction of sp³-hybridized carbons (Fsp3) is 0. The van der Waals surface area contributed by atoms with Crippen LogP contribution in [0.25, 0.3) is 5.69 Å². The van der Waals surface area contributed by atoms with Gasteiger partial charge in [0, 0.05) is 27.3 Å². The van der Waals surface area contributed by atoms with E-state index in [2.05, 4.69) is 27.1 Å². The number of para-hydroxylation sites is 1. The van der Waals surface area contributed by atoms with Gasteiger partial charge in [-0.05, 0) is 27.7 Å². The first-order valence-electron chi connectivity index (χ1n) is 3.54. The van der Waals surface area contributed by atoms with E-state index >= 15 is 0 Å². The van der Waals surface area contributed by atoms with Crippen LogP contribution in [0.4, 0.5) is 0 Å². The van der Waals surface area contributed by atoms with Gasteiger partial charge in [0.2, 0.25) is 0 Å². The van der Waals surface area contributed by atoms with Crippen LogP contribution >= 0.6 is 15.9 Å². The quantitative estimate of drug-likeness (QED) is 0.653. The first-order valence-corrected chi connectivity index (χ1v) is 4.34. The Kier molecular flexibility index (Phi) is 3.88. The molecule has 2 rings (SSSR count). The summed E-state index contributed by atoms with van der Waals surface area (Å²) in [5, 5.41) is 4.18. The predicted molar refractivity (Wildman–Crippen MR) is 50.1 cm³/mol.